The van der Waals surface area contributed by atoms with E-state index in [-0.39, 0.29) is 23.5 Å². The van der Waals surface area contributed by atoms with Crippen LogP contribution in [0.1, 0.15) is 50.7 Å². The van der Waals surface area contributed by atoms with Crippen LogP contribution in [0.4, 0.5) is 0 Å². The van der Waals surface area contributed by atoms with Gasteiger partial charge >= 0.3 is 0 Å². The van der Waals surface area contributed by atoms with Crippen molar-refractivity contribution in [3.63, 3.8) is 0 Å². The van der Waals surface area contributed by atoms with Crippen LogP contribution in [0.3, 0.4) is 0 Å². The molecule has 176 valence electrons. The zero-order valence-corrected chi connectivity index (χ0v) is 21.1. The Bertz CT molecular complexity index is 897. The molecule has 1 aromatic carbocycles. The monoisotopic (exact) mass is 505 g/mol. The highest BCUT2D eigenvalue weighted by atomic mass is 79.9. The fourth-order valence-electron chi connectivity index (χ4n) is 7.66. The summed E-state index contributed by atoms with van der Waals surface area (Å²) in [6.45, 7) is 6.87. The van der Waals surface area contributed by atoms with E-state index in [2.05, 4.69) is 33.0 Å². The van der Waals surface area contributed by atoms with E-state index in [9.17, 15) is 5.11 Å². The molecule has 0 radical (unpaired) electrons. The Morgan fingerprint density at radius 2 is 2.12 bits per heavy atom. The second-order valence-corrected chi connectivity index (χ2v) is 12.1. The van der Waals surface area contributed by atoms with Crippen LogP contribution < -0.4 is 9.47 Å². The molecule has 1 saturated heterocycles. The summed E-state index contributed by atoms with van der Waals surface area (Å²) >= 11 is 3.49. The SMILES string of the molecule is CO[C@H]1C2Oc3c(OCCBr)ccc4c3[C@@]23CCN(CC2CC2)C(C4)C3C[C@@H]1C(C)(C)O. The number of rotatable bonds is 7. The predicted octanol–water partition coefficient (Wildman–Crippen LogP) is 3.92. The van der Waals surface area contributed by atoms with Gasteiger partial charge in [0.2, 0.25) is 0 Å². The summed E-state index contributed by atoms with van der Waals surface area (Å²) in [5.41, 5.74) is 1.99. The Labute approximate surface area is 199 Å². The number of likely N-dealkylation sites (tertiary alicyclic amines) is 1. The Morgan fingerprint density at radius 3 is 2.81 bits per heavy atom. The lowest BCUT2D eigenvalue weighted by Gasteiger charge is -2.62. The highest BCUT2D eigenvalue weighted by Gasteiger charge is 2.69. The van der Waals surface area contributed by atoms with E-state index < -0.39 is 5.60 Å². The summed E-state index contributed by atoms with van der Waals surface area (Å²) in [5, 5.41) is 12.0. The molecule has 6 rings (SSSR count). The van der Waals surface area contributed by atoms with Crippen LogP contribution in [0.25, 0.3) is 0 Å². The molecule has 3 unspecified atom stereocenters. The minimum Gasteiger partial charge on any atom is -0.489 e. The molecule has 5 nitrogen and oxygen atoms in total. The van der Waals surface area contributed by atoms with Gasteiger partial charge in [0.15, 0.2) is 11.5 Å². The fraction of sp³-hybridized carbons (Fsp3) is 0.769. The van der Waals surface area contributed by atoms with Gasteiger partial charge in [0.05, 0.1) is 12.2 Å². The molecule has 32 heavy (non-hydrogen) atoms. The molecule has 2 heterocycles. The molecule has 1 N–H and O–H groups in total. The van der Waals surface area contributed by atoms with Crippen molar-refractivity contribution in [3.05, 3.63) is 23.3 Å². The number of benzene rings is 1. The average Bonchev–Trinajstić information content (AvgIpc) is 3.51. The quantitative estimate of drug-likeness (QED) is 0.569. The first-order valence-electron chi connectivity index (χ1n) is 12.4. The topological polar surface area (TPSA) is 51.2 Å². The molecular formula is C26H36BrNO4. The van der Waals surface area contributed by atoms with Crippen molar-refractivity contribution in [2.75, 3.05) is 32.1 Å². The molecule has 2 saturated carbocycles. The minimum absolute atomic E-state index is 0.0379. The lowest BCUT2D eigenvalue weighted by atomic mass is 9.48. The summed E-state index contributed by atoms with van der Waals surface area (Å²) in [7, 11) is 1.79. The van der Waals surface area contributed by atoms with E-state index in [1.165, 1.54) is 30.5 Å². The fourth-order valence-corrected chi connectivity index (χ4v) is 7.82. The Kier molecular flexibility index (Phi) is 5.15. The number of aliphatic hydroxyl groups is 1. The lowest BCUT2D eigenvalue weighted by molar-refractivity contribution is -0.179. The molecule has 6 heteroatoms. The maximum Gasteiger partial charge on any atom is 0.165 e. The highest BCUT2D eigenvalue weighted by molar-refractivity contribution is 9.09. The van der Waals surface area contributed by atoms with Crippen LogP contribution in [-0.2, 0) is 16.6 Å². The van der Waals surface area contributed by atoms with Gasteiger partial charge in [0, 0.05) is 41.9 Å². The van der Waals surface area contributed by atoms with Gasteiger partial charge in [-0.25, -0.2) is 0 Å². The minimum atomic E-state index is -0.814. The number of halogens is 1. The molecule has 1 aromatic rings. The van der Waals surface area contributed by atoms with Crippen molar-refractivity contribution < 1.29 is 19.3 Å². The van der Waals surface area contributed by atoms with E-state index in [0.29, 0.717) is 18.6 Å². The van der Waals surface area contributed by atoms with Gasteiger partial charge in [0.1, 0.15) is 12.2 Å². The molecule has 1 spiro atoms. The van der Waals surface area contributed by atoms with Gasteiger partial charge in [-0.2, -0.15) is 0 Å². The summed E-state index contributed by atoms with van der Waals surface area (Å²) in [6, 6.07) is 4.93. The first kappa shape index (κ1) is 21.7. The molecular weight excluding hydrogens is 470 g/mol. The zero-order chi connectivity index (χ0) is 22.3. The normalized spacial score (nSPS) is 37.7. The molecule has 3 aliphatic carbocycles. The molecule has 0 aromatic heterocycles. The summed E-state index contributed by atoms with van der Waals surface area (Å²) in [6.07, 6.45) is 5.73. The lowest BCUT2D eigenvalue weighted by Crippen LogP contribution is -2.70. The van der Waals surface area contributed by atoms with E-state index in [4.69, 9.17) is 14.2 Å². The first-order chi connectivity index (χ1) is 15.4. The van der Waals surface area contributed by atoms with Crippen molar-refractivity contribution in [2.45, 2.75) is 75.2 Å². The van der Waals surface area contributed by atoms with Crippen LogP contribution in [-0.4, -0.2) is 66.0 Å². The number of piperidine rings is 1. The molecule has 3 fully saturated rings. The van der Waals surface area contributed by atoms with Crippen molar-refractivity contribution in [3.8, 4) is 11.5 Å². The molecule has 2 aliphatic heterocycles. The van der Waals surface area contributed by atoms with E-state index in [1.54, 1.807) is 7.11 Å². The largest absolute Gasteiger partial charge is 0.489 e. The van der Waals surface area contributed by atoms with Crippen LogP contribution >= 0.6 is 15.9 Å². The molecule has 6 atom stereocenters. The average molecular weight is 506 g/mol. The molecule has 5 aliphatic rings. The number of methoxy groups -OCH3 is 1. The van der Waals surface area contributed by atoms with Crippen molar-refractivity contribution >= 4 is 15.9 Å². The maximum absolute atomic E-state index is 11.2. The van der Waals surface area contributed by atoms with Gasteiger partial charge in [-0.3, -0.25) is 4.90 Å². The second kappa shape index (κ2) is 7.59. The van der Waals surface area contributed by atoms with Crippen LogP contribution in [0.5, 0.6) is 11.5 Å². The van der Waals surface area contributed by atoms with Crippen molar-refractivity contribution in [1.82, 2.24) is 4.90 Å². The van der Waals surface area contributed by atoms with E-state index in [1.807, 2.05) is 13.8 Å². The zero-order valence-electron chi connectivity index (χ0n) is 19.5. The van der Waals surface area contributed by atoms with Gasteiger partial charge in [-0.1, -0.05) is 22.0 Å². The maximum atomic E-state index is 11.2. The molecule has 2 bridgehead atoms. The summed E-state index contributed by atoms with van der Waals surface area (Å²) in [5.74, 6) is 3.21. The number of nitrogens with zero attached hydrogens (tertiary/aromatic N) is 1. The molecule has 0 amide bonds. The van der Waals surface area contributed by atoms with Crippen LogP contribution in [0.15, 0.2) is 12.1 Å². The number of hydrogen-bond acceptors (Lipinski definition) is 5. The van der Waals surface area contributed by atoms with E-state index >= 15 is 0 Å². The highest BCUT2D eigenvalue weighted by Crippen LogP contribution is 2.65. The summed E-state index contributed by atoms with van der Waals surface area (Å²) in [4.78, 5) is 2.79. The summed E-state index contributed by atoms with van der Waals surface area (Å²) < 4.78 is 19.1. The van der Waals surface area contributed by atoms with Gasteiger partial charge in [-0.15, -0.1) is 0 Å². The van der Waals surface area contributed by atoms with Crippen LogP contribution in [0.2, 0.25) is 0 Å². The second-order valence-electron chi connectivity index (χ2n) is 11.3. The first-order valence-corrected chi connectivity index (χ1v) is 13.5. The van der Waals surface area contributed by atoms with E-state index in [0.717, 1.165) is 48.6 Å². The Morgan fingerprint density at radius 1 is 1.31 bits per heavy atom. The van der Waals surface area contributed by atoms with Gasteiger partial charge in [0.25, 0.3) is 0 Å². The van der Waals surface area contributed by atoms with Crippen LogP contribution in [0, 0.1) is 17.8 Å². The van der Waals surface area contributed by atoms with Crippen molar-refractivity contribution in [2.24, 2.45) is 17.8 Å². The Balaban J connectivity index is 1.49. The smallest absolute Gasteiger partial charge is 0.165 e. The third-order valence-corrected chi connectivity index (χ3v) is 9.49. The predicted molar refractivity (Wildman–Crippen MR) is 127 cm³/mol. The third kappa shape index (κ3) is 3.05. The van der Waals surface area contributed by atoms with Crippen molar-refractivity contribution in [1.29, 1.82) is 0 Å². The third-order valence-electron chi connectivity index (χ3n) is 9.17. The standard InChI is InChI=1S/C26H36BrNO4/c1-25(2,29)18-13-17-19-12-16-6-7-20(31-11-9-27)23-21(16)26(17,24(32-23)22(18)30-3)8-10-28(19)14-15-4-5-15/h6-7,15,17-19,22,24,29H,4-5,8-14H2,1-3H3/t17?,18-,19?,22+,24?,26-/m0/s1. The van der Waals surface area contributed by atoms with Gasteiger partial charge in [-0.05, 0) is 76.0 Å². The number of hydrogen-bond donors (Lipinski definition) is 1. The number of ether oxygens (including phenoxy) is 3. The Hall–Kier alpha value is -0.820. The van der Waals surface area contributed by atoms with Gasteiger partial charge < -0.3 is 19.3 Å². The number of alkyl halides is 1.